The van der Waals surface area contributed by atoms with Crippen LogP contribution in [-0.4, -0.2) is 17.2 Å². The lowest BCUT2D eigenvalue weighted by Gasteiger charge is -2.11. The Morgan fingerprint density at radius 2 is 1.88 bits per heavy atom. The number of amides is 1. The summed E-state index contributed by atoms with van der Waals surface area (Å²) in [5.74, 6) is -1.36. The molecule has 0 aliphatic carbocycles. The summed E-state index contributed by atoms with van der Waals surface area (Å²) < 4.78 is 76.0. The third-order valence-corrected chi connectivity index (χ3v) is 6.32. The Kier molecular flexibility index (Phi) is 5.73. The van der Waals surface area contributed by atoms with Gasteiger partial charge >= 0.3 is 12.5 Å². The van der Waals surface area contributed by atoms with E-state index >= 15 is 0 Å². The lowest BCUT2D eigenvalue weighted by atomic mass is 10.1. The van der Waals surface area contributed by atoms with Gasteiger partial charge in [0.1, 0.15) is 10.7 Å². The van der Waals surface area contributed by atoms with Crippen molar-refractivity contribution in [2.45, 2.75) is 32.7 Å². The number of carbonyl (C=O) groups excluding carboxylic acids is 1. The van der Waals surface area contributed by atoms with Crippen LogP contribution in [-0.2, 0) is 12.6 Å². The molecule has 1 aliphatic rings. The zero-order valence-corrected chi connectivity index (χ0v) is 18.5. The molecule has 0 fully saturated rings. The van der Waals surface area contributed by atoms with E-state index in [0.29, 0.717) is 16.0 Å². The molecule has 1 aromatic carbocycles. The van der Waals surface area contributed by atoms with E-state index < -0.39 is 28.8 Å². The molecule has 3 aromatic rings. The Bertz CT molecular complexity index is 1240. The molecule has 0 unspecified atom stereocenters. The van der Waals surface area contributed by atoms with Gasteiger partial charge in [0.25, 0.3) is 5.91 Å². The Morgan fingerprint density at radius 3 is 2.45 bits per heavy atom. The van der Waals surface area contributed by atoms with Gasteiger partial charge in [-0.05, 0) is 37.1 Å². The molecular weight excluding hydrogens is 491 g/mol. The van der Waals surface area contributed by atoms with E-state index in [2.05, 4.69) is 19.8 Å². The highest BCUT2D eigenvalue weighted by atomic mass is 35.5. The zero-order valence-electron chi connectivity index (χ0n) is 16.9. The smallest absolute Gasteiger partial charge is 0.395 e. The van der Waals surface area contributed by atoms with Gasteiger partial charge in [-0.15, -0.1) is 20.1 Å². The number of benzene rings is 1. The molecule has 0 atom stereocenters. The van der Waals surface area contributed by atoms with Gasteiger partial charge in [0.05, 0.1) is 10.6 Å². The largest absolute Gasteiger partial charge is 0.586 e. The van der Waals surface area contributed by atoms with E-state index in [1.54, 1.807) is 6.92 Å². The number of alkyl halides is 5. The van der Waals surface area contributed by atoms with E-state index in [1.165, 1.54) is 37.4 Å². The first-order chi connectivity index (χ1) is 15.4. The second-order valence-electron chi connectivity index (χ2n) is 7.02. The lowest BCUT2D eigenvalue weighted by Crippen LogP contribution is -2.25. The molecule has 1 amide bonds. The Balaban J connectivity index is 1.58. The Morgan fingerprint density at radius 1 is 1.21 bits per heavy atom. The Labute approximate surface area is 193 Å². The third-order valence-electron chi connectivity index (χ3n) is 4.86. The van der Waals surface area contributed by atoms with Crippen molar-refractivity contribution in [1.82, 2.24) is 4.98 Å². The summed E-state index contributed by atoms with van der Waals surface area (Å²) in [6.07, 6.45) is -7.05. The van der Waals surface area contributed by atoms with Crippen LogP contribution in [0.25, 0.3) is 11.1 Å². The predicted molar refractivity (Wildman–Crippen MR) is 112 cm³/mol. The topological polar surface area (TPSA) is 60.5 Å². The number of fused-ring (bicyclic) bond motifs is 1. The number of hydrogen-bond acceptors (Lipinski definition) is 5. The quantitative estimate of drug-likeness (QED) is 0.391. The maximum absolute atomic E-state index is 13.6. The van der Waals surface area contributed by atoms with Gasteiger partial charge < -0.3 is 14.8 Å². The summed E-state index contributed by atoms with van der Waals surface area (Å²) in [5, 5.41) is 2.45. The van der Waals surface area contributed by atoms with Crippen LogP contribution in [0.5, 0.6) is 11.5 Å². The number of ether oxygens (including phenoxy) is 2. The van der Waals surface area contributed by atoms with Crippen molar-refractivity contribution in [3.8, 4) is 22.6 Å². The highest BCUT2D eigenvalue weighted by Crippen LogP contribution is 2.46. The minimum atomic E-state index is -4.67. The van der Waals surface area contributed by atoms with Crippen molar-refractivity contribution in [2.24, 2.45) is 0 Å². The fourth-order valence-electron chi connectivity index (χ4n) is 3.46. The van der Waals surface area contributed by atoms with E-state index in [9.17, 15) is 26.7 Å². The minimum absolute atomic E-state index is 0.00405. The van der Waals surface area contributed by atoms with Crippen LogP contribution in [0.3, 0.4) is 0 Å². The van der Waals surface area contributed by atoms with Crippen LogP contribution in [0, 0.1) is 6.92 Å². The van der Waals surface area contributed by atoms with Gasteiger partial charge in [-0.1, -0.05) is 18.5 Å². The van der Waals surface area contributed by atoms with E-state index in [1.807, 2.05) is 0 Å². The Hall–Kier alpha value is -2.92. The minimum Gasteiger partial charge on any atom is -0.395 e. The average Bonchev–Trinajstić information content (AvgIpc) is 3.22. The summed E-state index contributed by atoms with van der Waals surface area (Å²) in [6.45, 7) is 3.13. The van der Waals surface area contributed by atoms with Gasteiger partial charge in [0.15, 0.2) is 11.5 Å². The first-order valence-corrected chi connectivity index (χ1v) is 10.7. The number of carbonyl (C=O) groups is 1. The van der Waals surface area contributed by atoms with Gasteiger partial charge in [0, 0.05) is 28.3 Å². The van der Waals surface area contributed by atoms with Crippen molar-refractivity contribution in [1.29, 1.82) is 0 Å². The highest BCUT2D eigenvalue weighted by Gasteiger charge is 2.44. The molecule has 1 N–H and O–H groups in total. The number of hydrogen-bond donors (Lipinski definition) is 1. The van der Waals surface area contributed by atoms with Crippen molar-refractivity contribution in [2.75, 3.05) is 5.32 Å². The molecule has 1 aliphatic heterocycles. The zero-order chi connectivity index (χ0) is 24.1. The van der Waals surface area contributed by atoms with Crippen LogP contribution in [0.2, 0.25) is 5.02 Å². The standard InChI is InChI=1S/C21H14ClF5N2O3S/c1-3-11-9(2)33-18(17(11)20(23,24)25)19(30)29-16-5-4-10(8-28-16)12-6-14-15(7-13(12)22)32-21(26,27)31-14/h4-8H,3H2,1-2H3,(H,28,29,30). The molecule has 0 saturated carbocycles. The number of halogens is 6. The number of rotatable bonds is 4. The van der Waals surface area contributed by atoms with Gasteiger partial charge in [0.2, 0.25) is 0 Å². The maximum Gasteiger partial charge on any atom is 0.586 e. The molecule has 2 aromatic heterocycles. The normalized spacial score (nSPS) is 14.4. The number of aromatic nitrogens is 1. The maximum atomic E-state index is 13.6. The van der Waals surface area contributed by atoms with Crippen LogP contribution in [0.1, 0.15) is 32.6 Å². The molecule has 174 valence electrons. The first kappa shape index (κ1) is 23.2. The molecule has 3 heterocycles. The van der Waals surface area contributed by atoms with Crippen LogP contribution < -0.4 is 14.8 Å². The van der Waals surface area contributed by atoms with Crippen molar-refractivity contribution >= 4 is 34.7 Å². The number of nitrogens with zero attached hydrogens (tertiary/aromatic N) is 1. The first-order valence-electron chi connectivity index (χ1n) is 9.46. The van der Waals surface area contributed by atoms with Crippen molar-refractivity contribution < 1.29 is 36.2 Å². The number of aryl methyl sites for hydroxylation is 1. The molecular formula is C21H14ClF5N2O3S. The molecule has 5 nitrogen and oxygen atoms in total. The predicted octanol–water partition coefficient (Wildman–Crippen LogP) is 6.93. The lowest BCUT2D eigenvalue weighted by molar-refractivity contribution is -0.286. The number of pyridine rings is 1. The fraction of sp³-hybridized carbons (Fsp3) is 0.238. The number of nitrogens with one attached hydrogen (secondary N) is 1. The molecule has 33 heavy (non-hydrogen) atoms. The number of thiophene rings is 1. The van der Waals surface area contributed by atoms with E-state index in [-0.39, 0.29) is 34.3 Å². The van der Waals surface area contributed by atoms with Crippen LogP contribution in [0.4, 0.5) is 27.8 Å². The van der Waals surface area contributed by atoms with Gasteiger partial charge in [-0.2, -0.15) is 13.2 Å². The molecule has 0 bridgehead atoms. The summed E-state index contributed by atoms with van der Waals surface area (Å²) in [6, 6.07) is 5.26. The number of anilines is 1. The molecule has 0 radical (unpaired) electrons. The van der Waals surface area contributed by atoms with Crippen LogP contribution in [0.15, 0.2) is 30.5 Å². The second-order valence-corrected chi connectivity index (χ2v) is 8.66. The van der Waals surface area contributed by atoms with Crippen molar-refractivity contribution in [3.63, 3.8) is 0 Å². The van der Waals surface area contributed by atoms with Crippen LogP contribution >= 0.6 is 22.9 Å². The monoisotopic (exact) mass is 504 g/mol. The van der Waals surface area contributed by atoms with E-state index in [4.69, 9.17) is 11.6 Å². The van der Waals surface area contributed by atoms with E-state index in [0.717, 1.165) is 11.3 Å². The summed E-state index contributed by atoms with van der Waals surface area (Å²) in [5.41, 5.74) is -0.145. The second kappa shape index (κ2) is 8.14. The summed E-state index contributed by atoms with van der Waals surface area (Å²) in [4.78, 5) is 16.6. The third kappa shape index (κ3) is 4.47. The average molecular weight is 505 g/mol. The molecule has 12 heteroatoms. The molecule has 0 spiro atoms. The molecule has 4 rings (SSSR count). The summed E-state index contributed by atoms with van der Waals surface area (Å²) in [7, 11) is 0. The summed E-state index contributed by atoms with van der Waals surface area (Å²) >= 11 is 6.92. The van der Waals surface area contributed by atoms with Gasteiger partial charge in [-0.3, -0.25) is 4.79 Å². The SMILES string of the molecule is CCc1c(C)sc(C(=O)Nc2ccc(-c3cc4c(cc3Cl)OC(F)(F)O4)cn2)c1C(F)(F)F. The fourth-order valence-corrected chi connectivity index (χ4v) is 4.88. The van der Waals surface area contributed by atoms with Crippen molar-refractivity contribution in [3.05, 3.63) is 56.4 Å². The highest BCUT2D eigenvalue weighted by molar-refractivity contribution is 7.14. The molecule has 0 saturated heterocycles. The van der Waals surface area contributed by atoms with Gasteiger partial charge in [-0.25, -0.2) is 4.98 Å².